The second kappa shape index (κ2) is 8.32. The molecule has 0 radical (unpaired) electrons. The fourth-order valence-electron chi connectivity index (χ4n) is 2.77. The summed E-state index contributed by atoms with van der Waals surface area (Å²) in [5.74, 6) is -1.37. The minimum Gasteiger partial charge on any atom is -0.497 e. The van der Waals surface area contributed by atoms with E-state index in [9.17, 15) is 27.9 Å². The van der Waals surface area contributed by atoms with Crippen molar-refractivity contribution in [3.8, 4) is 5.75 Å². The van der Waals surface area contributed by atoms with Crippen molar-refractivity contribution >= 4 is 11.9 Å². The third-order valence-electron chi connectivity index (χ3n) is 4.20. The van der Waals surface area contributed by atoms with Crippen molar-refractivity contribution in [1.29, 1.82) is 0 Å². The van der Waals surface area contributed by atoms with E-state index in [4.69, 9.17) is 4.74 Å². The number of halogens is 3. The number of nitrogens with one attached hydrogen (secondary N) is 1. The molecule has 1 amide bonds. The topological polar surface area (TPSA) is 93.5 Å². The van der Waals surface area contributed by atoms with Gasteiger partial charge < -0.3 is 15.2 Å². The Morgan fingerprint density at radius 2 is 1.86 bits per heavy atom. The van der Waals surface area contributed by atoms with Crippen LogP contribution in [-0.4, -0.2) is 40.0 Å². The van der Waals surface area contributed by atoms with Crippen LogP contribution in [0.5, 0.6) is 5.75 Å². The van der Waals surface area contributed by atoms with Crippen LogP contribution in [0.15, 0.2) is 24.3 Å². The molecule has 10 heteroatoms. The van der Waals surface area contributed by atoms with Crippen LogP contribution in [0.3, 0.4) is 0 Å². The molecule has 0 saturated heterocycles. The highest BCUT2D eigenvalue weighted by atomic mass is 19.4. The second-order valence-corrected chi connectivity index (χ2v) is 6.21. The summed E-state index contributed by atoms with van der Waals surface area (Å²) >= 11 is 0. The number of methoxy groups -OCH3 is 1. The number of hydrogen-bond donors (Lipinski definition) is 2. The van der Waals surface area contributed by atoms with E-state index >= 15 is 0 Å². The zero-order chi connectivity index (χ0) is 21.1. The quantitative estimate of drug-likeness (QED) is 0.746. The molecule has 0 aliphatic rings. The Bertz CT molecular complexity index is 860. The number of aliphatic carboxylic acids is 1. The summed E-state index contributed by atoms with van der Waals surface area (Å²) in [6.07, 6.45) is -4.72. The molecule has 0 saturated carbocycles. The molecule has 0 aliphatic carbocycles. The predicted octanol–water partition coefficient (Wildman–Crippen LogP) is 2.56. The molecule has 1 aromatic carbocycles. The molecule has 2 N–H and O–H groups in total. The molecule has 28 heavy (non-hydrogen) atoms. The van der Waals surface area contributed by atoms with E-state index in [1.165, 1.54) is 33.1 Å². The van der Waals surface area contributed by atoms with Crippen LogP contribution in [0.4, 0.5) is 13.2 Å². The lowest BCUT2D eigenvalue weighted by molar-refractivity contribution is -0.143. The van der Waals surface area contributed by atoms with Crippen molar-refractivity contribution in [2.24, 2.45) is 0 Å². The van der Waals surface area contributed by atoms with Gasteiger partial charge in [0.1, 0.15) is 12.3 Å². The van der Waals surface area contributed by atoms with Crippen molar-refractivity contribution in [3.63, 3.8) is 0 Å². The summed E-state index contributed by atoms with van der Waals surface area (Å²) < 4.78 is 43.6. The molecule has 0 fully saturated rings. The van der Waals surface area contributed by atoms with Crippen LogP contribution in [-0.2, 0) is 22.6 Å². The fraction of sp³-hybridized carbons (Fsp3) is 0.389. The van der Waals surface area contributed by atoms with Crippen LogP contribution < -0.4 is 10.1 Å². The lowest BCUT2D eigenvalue weighted by atomic mass is 10.1. The molecule has 1 heterocycles. The average molecular weight is 399 g/mol. The fourth-order valence-corrected chi connectivity index (χ4v) is 2.77. The van der Waals surface area contributed by atoms with E-state index < -0.39 is 30.6 Å². The van der Waals surface area contributed by atoms with Crippen LogP contribution >= 0.6 is 0 Å². The largest absolute Gasteiger partial charge is 0.497 e. The number of alkyl halides is 3. The first kappa shape index (κ1) is 21.3. The standard InChI is InChI=1S/C18H20F3N3O4/c1-10-14(11(2)24(23-10)9-18(19,20)21)8-15(25)22-16(17(26)27)12-4-6-13(28-3)7-5-12/h4-7,16H,8-9H2,1-3H3,(H,22,25)(H,26,27). The second-order valence-electron chi connectivity index (χ2n) is 6.21. The number of ether oxygens (including phenoxy) is 1. The van der Waals surface area contributed by atoms with Crippen LogP contribution in [0.1, 0.15) is 28.6 Å². The number of amides is 1. The third-order valence-corrected chi connectivity index (χ3v) is 4.20. The van der Waals surface area contributed by atoms with E-state index in [2.05, 4.69) is 10.4 Å². The van der Waals surface area contributed by atoms with Crippen LogP contribution in [0.25, 0.3) is 0 Å². The smallest absolute Gasteiger partial charge is 0.408 e. The Morgan fingerprint density at radius 3 is 2.36 bits per heavy atom. The van der Waals surface area contributed by atoms with Crippen LogP contribution in [0, 0.1) is 13.8 Å². The molecule has 7 nitrogen and oxygen atoms in total. The first-order chi connectivity index (χ1) is 13.0. The van der Waals surface area contributed by atoms with Gasteiger partial charge in [-0.3, -0.25) is 9.48 Å². The number of aromatic nitrogens is 2. The first-order valence-corrected chi connectivity index (χ1v) is 8.27. The molecule has 0 bridgehead atoms. The molecule has 0 aliphatic heterocycles. The molecule has 2 rings (SSSR count). The number of rotatable bonds is 7. The van der Waals surface area contributed by atoms with Crippen molar-refractivity contribution in [2.45, 2.75) is 39.0 Å². The van der Waals surface area contributed by atoms with Gasteiger partial charge in [0, 0.05) is 11.3 Å². The Hall–Kier alpha value is -3.04. The zero-order valence-corrected chi connectivity index (χ0v) is 15.5. The lowest BCUT2D eigenvalue weighted by Gasteiger charge is -2.15. The minimum absolute atomic E-state index is 0.210. The molecule has 152 valence electrons. The third kappa shape index (κ3) is 5.24. The Balaban J connectivity index is 2.16. The monoisotopic (exact) mass is 399 g/mol. The maximum Gasteiger partial charge on any atom is 0.408 e. The maximum atomic E-state index is 12.6. The van der Waals surface area contributed by atoms with E-state index in [1.54, 1.807) is 12.1 Å². The molecule has 1 unspecified atom stereocenters. The number of benzene rings is 1. The van der Waals surface area contributed by atoms with E-state index in [0.717, 1.165) is 4.68 Å². The van der Waals surface area contributed by atoms with Gasteiger partial charge in [0.15, 0.2) is 6.04 Å². The van der Waals surface area contributed by atoms with Gasteiger partial charge in [0.25, 0.3) is 0 Å². The summed E-state index contributed by atoms with van der Waals surface area (Å²) in [5, 5.41) is 15.6. The van der Waals surface area contributed by atoms with Gasteiger partial charge in [-0.25, -0.2) is 4.79 Å². The molecule has 2 aromatic rings. The highest BCUT2D eigenvalue weighted by molar-refractivity contribution is 5.86. The van der Waals surface area contributed by atoms with Gasteiger partial charge in [-0.15, -0.1) is 0 Å². The molecule has 1 atom stereocenters. The van der Waals surface area contributed by atoms with Gasteiger partial charge in [0.05, 0.1) is 19.2 Å². The number of carboxylic acids is 1. The number of carbonyl (C=O) groups excluding carboxylic acids is 1. The number of aryl methyl sites for hydroxylation is 1. The van der Waals surface area contributed by atoms with Crippen molar-refractivity contribution < 1.29 is 32.6 Å². The summed E-state index contributed by atoms with van der Waals surface area (Å²) in [5.41, 5.74) is 1.16. The molecular formula is C18H20F3N3O4. The Kier molecular flexibility index (Phi) is 6.32. The van der Waals surface area contributed by atoms with E-state index in [0.29, 0.717) is 16.9 Å². The number of carboxylic acid groups (broad SMARTS) is 1. The number of carbonyl (C=O) groups is 2. The Labute approximate surface area is 159 Å². The van der Waals surface area contributed by atoms with Gasteiger partial charge in [-0.1, -0.05) is 12.1 Å². The summed E-state index contributed by atoms with van der Waals surface area (Å²) in [7, 11) is 1.47. The van der Waals surface area contributed by atoms with Gasteiger partial charge in [0.2, 0.25) is 5.91 Å². The number of hydrogen-bond acceptors (Lipinski definition) is 4. The first-order valence-electron chi connectivity index (χ1n) is 8.27. The maximum absolute atomic E-state index is 12.6. The van der Waals surface area contributed by atoms with Crippen LogP contribution in [0.2, 0.25) is 0 Å². The number of nitrogens with zero attached hydrogens (tertiary/aromatic N) is 2. The molecular weight excluding hydrogens is 379 g/mol. The summed E-state index contributed by atoms with van der Waals surface area (Å²) in [6.45, 7) is 1.68. The highest BCUT2D eigenvalue weighted by Gasteiger charge is 2.30. The lowest BCUT2D eigenvalue weighted by Crippen LogP contribution is -2.34. The molecule has 0 spiro atoms. The van der Waals surface area contributed by atoms with Crippen molar-refractivity contribution in [2.75, 3.05) is 7.11 Å². The van der Waals surface area contributed by atoms with Gasteiger partial charge in [-0.05, 0) is 31.5 Å². The average Bonchev–Trinajstić information content (AvgIpc) is 2.85. The van der Waals surface area contributed by atoms with E-state index in [-0.39, 0.29) is 17.8 Å². The summed E-state index contributed by atoms with van der Waals surface area (Å²) in [4.78, 5) is 23.9. The highest BCUT2D eigenvalue weighted by Crippen LogP contribution is 2.22. The predicted molar refractivity (Wildman–Crippen MR) is 93.0 cm³/mol. The van der Waals surface area contributed by atoms with E-state index in [1.807, 2.05) is 0 Å². The molecule has 1 aromatic heterocycles. The van der Waals surface area contributed by atoms with Crippen molar-refractivity contribution in [1.82, 2.24) is 15.1 Å². The minimum atomic E-state index is -4.44. The Morgan fingerprint density at radius 1 is 1.25 bits per heavy atom. The van der Waals surface area contributed by atoms with Gasteiger partial charge in [-0.2, -0.15) is 18.3 Å². The normalized spacial score (nSPS) is 12.5. The van der Waals surface area contributed by atoms with Gasteiger partial charge >= 0.3 is 12.1 Å². The SMILES string of the molecule is COc1ccc(C(NC(=O)Cc2c(C)nn(CC(F)(F)F)c2C)C(=O)O)cc1. The van der Waals surface area contributed by atoms with Crippen molar-refractivity contribution in [3.05, 3.63) is 46.8 Å². The summed E-state index contributed by atoms with van der Waals surface area (Å²) in [6, 6.07) is 4.84. The zero-order valence-electron chi connectivity index (χ0n) is 15.5.